The van der Waals surface area contributed by atoms with Crippen LogP contribution in [0.25, 0.3) is 0 Å². The number of ether oxygens (including phenoxy) is 2. The molecule has 1 aliphatic heterocycles. The summed E-state index contributed by atoms with van der Waals surface area (Å²) in [5.41, 5.74) is 0.875. The third-order valence-corrected chi connectivity index (χ3v) is 9.05. The molecule has 1 aromatic rings. The maximum atomic E-state index is 12.6. The molecule has 2 unspecified atom stereocenters. The zero-order valence-electron chi connectivity index (χ0n) is 26.1. The Morgan fingerprint density at radius 3 is 1.74 bits per heavy atom. The fourth-order valence-corrected chi connectivity index (χ4v) is 6.27. The summed E-state index contributed by atoms with van der Waals surface area (Å²) in [4.78, 5) is 12.6. The number of hydrogen-bond acceptors (Lipinski definition) is 8. The van der Waals surface area contributed by atoms with Gasteiger partial charge in [-0.05, 0) is 12.0 Å². The number of benzene rings is 1. The Morgan fingerprint density at radius 1 is 0.786 bits per heavy atom. The third kappa shape index (κ3) is 17.7. The van der Waals surface area contributed by atoms with Gasteiger partial charge in [-0.15, -0.1) is 0 Å². The average molecular weight is 613 g/mol. The van der Waals surface area contributed by atoms with Crippen molar-refractivity contribution in [2.24, 2.45) is 0 Å². The predicted molar refractivity (Wildman–Crippen MR) is 166 cm³/mol. The summed E-state index contributed by atoms with van der Waals surface area (Å²) in [6, 6.07) is 9.39. The van der Waals surface area contributed by atoms with Crippen LogP contribution in [0.15, 0.2) is 30.3 Å². The number of phosphoric ester groups is 1. The summed E-state index contributed by atoms with van der Waals surface area (Å²) in [6.45, 7) is 2.17. The molecule has 8 nitrogen and oxygen atoms in total. The van der Waals surface area contributed by atoms with Crippen molar-refractivity contribution in [3.05, 3.63) is 35.9 Å². The van der Waals surface area contributed by atoms with Crippen molar-refractivity contribution in [2.45, 2.75) is 148 Å². The lowest BCUT2D eigenvalue weighted by molar-refractivity contribution is -0.196. The van der Waals surface area contributed by atoms with E-state index in [9.17, 15) is 14.5 Å². The van der Waals surface area contributed by atoms with Gasteiger partial charge in [0.05, 0.1) is 26.4 Å². The van der Waals surface area contributed by atoms with Gasteiger partial charge in [-0.2, -0.15) is 0 Å². The standard InChI is InChI=1S/C33H57O8P/c1-2-3-4-5-6-7-8-9-10-11-12-13-14-15-16-17-18-22-25-32(35)40-33(41-42(36)38-26-27-39-42)31(28-34)37-29-30-23-20-19-21-24-30/h19-21,23-24,31,33-34H,2-18,22,25-29H2,1H3. The van der Waals surface area contributed by atoms with Gasteiger partial charge in [-0.1, -0.05) is 146 Å². The molecule has 1 heterocycles. The van der Waals surface area contributed by atoms with Crippen LogP contribution in [0.3, 0.4) is 0 Å². The number of aliphatic hydroxyl groups is 1. The minimum Gasteiger partial charge on any atom is -0.432 e. The van der Waals surface area contributed by atoms with Gasteiger partial charge in [0.2, 0.25) is 6.29 Å². The van der Waals surface area contributed by atoms with Crippen molar-refractivity contribution in [2.75, 3.05) is 19.8 Å². The maximum Gasteiger partial charge on any atom is 0.478 e. The molecule has 42 heavy (non-hydrogen) atoms. The van der Waals surface area contributed by atoms with E-state index in [1.807, 2.05) is 30.3 Å². The van der Waals surface area contributed by atoms with Gasteiger partial charge in [-0.25, -0.2) is 9.09 Å². The predicted octanol–water partition coefficient (Wildman–Crippen LogP) is 9.04. The molecule has 2 atom stereocenters. The zero-order chi connectivity index (χ0) is 30.1. The summed E-state index contributed by atoms with van der Waals surface area (Å²) in [5, 5.41) is 9.92. The Labute approximate surface area is 254 Å². The van der Waals surface area contributed by atoms with Crippen LogP contribution >= 0.6 is 7.82 Å². The molecule has 0 bridgehead atoms. The molecule has 1 aliphatic rings. The highest BCUT2D eigenvalue weighted by Crippen LogP contribution is 2.54. The van der Waals surface area contributed by atoms with Crippen molar-refractivity contribution in [1.82, 2.24) is 0 Å². The molecule has 2 rings (SSSR count). The number of phosphoric acid groups is 1. The first kappa shape index (κ1) is 36.9. The normalized spacial score (nSPS) is 16.0. The minimum atomic E-state index is -3.88. The highest BCUT2D eigenvalue weighted by Gasteiger charge is 2.40. The van der Waals surface area contributed by atoms with Crippen LogP contribution in [-0.4, -0.2) is 43.3 Å². The molecule has 1 fully saturated rings. The van der Waals surface area contributed by atoms with Gasteiger partial charge in [0, 0.05) is 6.42 Å². The fourth-order valence-electron chi connectivity index (χ4n) is 5.04. The minimum absolute atomic E-state index is 0.117. The van der Waals surface area contributed by atoms with Crippen molar-refractivity contribution < 1.29 is 37.5 Å². The van der Waals surface area contributed by atoms with Crippen LogP contribution in [0.5, 0.6) is 0 Å². The van der Waals surface area contributed by atoms with Gasteiger partial charge in [0.25, 0.3) is 0 Å². The monoisotopic (exact) mass is 612 g/mol. The van der Waals surface area contributed by atoms with Gasteiger partial charge < -0.3 is 14.6 Å². The smallest absolute Gasteiger partial charge is 0.432 e. The Morgan fingerprint density at radius 2 is 1.26 bits per heavy atom. The summed E-state index contributed by atoms with van der Waals surface area (Å²) in [5.74, 6) is -0.496. The second kappa shape index (κ2) is 24.1. The summed E-state index contributed by atoms with van der Waals surface area (Å²) in [6.07, 6.45) is 20.8. The number of esters is 1. The van der Waals surface area contributed by atoms with E-state index < -0.39 is 32.8 Å². The SMILES string of the molecule is CCCCCCCCCCCCCCCCCCCCC(=O)OC(OP1(=O)OCCO1)C(CO)OCc1ccccc1. The van der Waals surface area contributed by atoms with Crippen molar-refractivity contribution in [3.63, 3.8) is 0 Å². The molecule has 1 aromatic carbocycles. The number of carbonyl (C=O) groups excluding carboxylic acids is 1. The van der Waals surface area contributed by atoms with Crippen molar-refractivity contribution >= 4 is 13.8 Å². The summed E-state index contributed by atoms with van der Waals surface area (Å²) in [7, 11) is -3.88. The molecule has 0 spiro atoms. The molecular weight excluding hydrogens is 555 g/mol. The highest BCUT2D eigenvalue weighted by atomic mass is 31.2. The Bertz CT molecular complexity index is 827. The average Bonchev–Trinajstić information content (AvgIpc) is 3.43. The second-order valence-corrected chi connectivity index (χ2v) is 13.0. The lowest BCUT2D eigenvalue weighted by atomic mass is 10.0. The van der Waals surface area contributed by atoms with E-state index >= 15 is 0 Å². The molecule has 0 aliphatic carbocycles. The topological polar surface area (TPSA) is 101 Å². The molecular formula is C33H57O8P. The van der Waals surface area contributed by atoms with E-state index in [4.69, 9.17) is 23.0 Å². The largest absolute Gasteiger partial charge is 0.478 e. The summed E-state index contributed by atoms with van der Waals surface area (Å²) >= 11 is 0. The van der Waals surface area contributed by atoms with E-state index in [1.165, 1.54) is 96.3 Å². The lowest BCUT2D eigenvalue weighted by Crippen LogP contribution is -2.38. The Hall–Kier alpha value is -1.28. The lowest BCUT2D eigenvalue weighted by Gasteiger charge is -2.26. The first-order valence-corrected chi connectivity index (χ1v) is 18.1. The second-order valence-electron chi connectivity index (χ2n) is 11.4. The van der Waals surface area contributed by atoms with Gasteiger partial charge in [0.1, 0.15) is 6.10 Å². The van der Waals surface area contributed by atoms with Gasteiger partial charge >= 0.3 is 13.8 Å². The Balaban J connectivity index is 1.53. The molecule has 0 amide bonds. The van der Waals surface area contributed by atoms with E-state index in [-0.39, 0.29) is 26.2 Å². The fraction of sp³-hybridized carbons (Fsp3) is 0.788. The third-order valence-electron chi connectivity index (χ3n) is 7.59. The van der Waals surface area contributed by atoms with Gasteiger partial charge in [0.15, 0.2) is 0 Å². The van der Waals surface area contributed by atoms with E-state index in [2.05, 4.69) is 6.92 Å². The summed E-state index contributed by atoms with van der Waals surface area (Å²) < 4.78 is 39.5. The molecule has 0 radical (unpaired) electrons. The van der Waals surface area contributed by atoms with E-state index in [0.717, 1.165) is 18.4 Å². The van der Waals surface area contributed by atoms with Crippen molar-refractivity contribution in [1.29, 1.82) is 0 Å². The molecule has 242 valence electrons. The van der Waals surface area contributed by atoms with E-state index in [0.29, 0.717) is 6.42 Å². The van der Waals surface area contributed by atoms with Crippen LogP contribution in [0.2, 0.25) is 0 Å². The van der Waals surface area contributed by atoms with Crippen LogP contribution in [-0.2, 0) is 39.0 Å². The molecule has 1 saturated heterocycles. The highest BCUT2D eigenvalue weighted by molar-refractivity contribution is 7.48. The molecule has 9 heteroatoms. The number of rotatable bonds is 27. The first-order chi connectivity index (χ1) is 20.6. The number of hydrogen-bond donors (Lipinski definition) is 1. The van der Waals surface area contributed by atoms with Crippen LogP contribution in [0.4, 0.5) is 0 Å². The first-order valence-electron chi connectivity index (χ1n) is 16.6. The molecule has 0 saturated carbocycles. The quantitative estimate of drug-likeness (QED) is 0.0455. The van der Waals surface area contributed by atoms with Crippen LogP contribution in [0, 0.1) is 0 Å². The van der Waals surface area contributed by atoms with Crippen molar-refractivity contribution in [3.8, 4) is 0 Å². The van der Waals surface area contributed by atoms with Crippen LogP contribution < -0.4 is 0 Å². The Kier molecular flexibility index (Phi) is 21.2. The molecule has 1 N–H and O–H groups in total. The van der Waals surface area contributed by atoms with Gasteiger partial charge in [-0.3, -0.25) is 13.8 Å². The maximum absolute atomic E-state index is 12.6. The van der Waals surface area contributed by atoms with Crippen LogP contribution in [0.1, 0.15) is 134 Å². The number of unbranched alkanes of at least 4 members (excludes halogenated alkanes) is 17. The molecule has 0 aromatic heterocycles. The number of carbonyl (C=O) groups is 1. The number of aliphatic hydroxyl groups excluding tert-OH is 1. The zero-order valence-corrected chi connectivity index (χ0v) is 27.0. The van der Waals surface area contributed by atoms with E-state index in [1.54, 1.807) is 0 Å².